The van der Waals surface area contributed by atoms with Gasteiger partial charge in [-0.25, -0.2) is 8.42 Å². The molecule has 0 aromatic heterocycles. The van der Waals surface area contributed by atoms with E-state index in [2.05, 4.69) is 15.9 Å². The maximum absolute atomic E-state index is 13.1. The third-order valence-electron chi connectivity index (χ3n) is 5.41. The number of sulfone groups is 1. The summed E-state index contributed by atoms with van der Waals surface area (Å²) in [6, 6.07) is 8.07. The topological polar surface area (TPSA) is 57.7 Å². The summed E-state index contributed by atoms with van der Waals surface area (Å²) >= 11 is 3.55. The summed E-state index contributed by atoms with van der Waals surface area (Å²) in [6.07, 6.45) is 4.83. The molecule has 1 saturated carbocycles. The average molecular weight is 443 g/mol. The van der Waals surface area contributed by atoms with E-state index in [1.165, 1.54) is 0 Å². The molecule has 0 radical (unpaired) electrons. The summed E-state index contributed by atoms with van der Waals surface area (Å²) in [4.78, 5) is 17.0. The van der Waals surface area contributed by atoms with Gasteiger partial charge in [-0.1, -0.05) is 47.0 Å². The van der Waals surface area contributed by atoms with Gasteiger partial charge in [0.05, 0.1) is 18.1 Å². The minimum atomic E-state index is -3.00. The number of hydrogen-bond donors (Lipinski definition) is 0. The van der Waals surface area contributed by atoms with E-state index >= 15 is 0 Å². The number of benzene rings is 1. The lowest BCUT2D eigenvalue weighted by molar-refractivity contribution is -0.136. The van der Waals surface area contributed by atoms with Crippen LogP contribution < -0.4 is 0 Å². The fraction of sp³-hybridized carbons (Fsp3) is 0.632. The molecule has 1 aliphatic carbocycles. The maximum Gasteiger partial charge on any atom is 0.237 e. The van der Waals surface area contributed by atoms with Crippen LogP contribution >= 0.6 is 15.9 Å². The van der Waals surface area contributed by atoms with Crippen LogP contribution in [-0.4, -0.2) is 61.3 Å². The van der Waals surface area contributed by atoms with Crippen LogP contribution in [0, 0.1) is 0 Å². The molecule has 5 nitrogen and oxygen atoms in total. The Bertz CT molecular complexity index is 747. The van der Waals surface area contributed by atoms with Crippen LogP contribution in [0.2, 0.25) is 0 Å². The molecule has 1 amide bonds. The van der Waals surface area contributed by atoms with Crippen molar-refractivity contribution in [3.05, 3.63) is 34.3 Å². The molecule has 0 bridgehead atoms. The van der Waals surface area contributed by atoms with Crippen LogP contribution in [0.25, 0.3) is 0 Å². The van der Waals surface area contributed by atoms with Gasteiger partial charge in [0.15, 0.2) is 9.84 Å². The Hall–Kier alpha value is -0.920. The first-order chi connectivity index (χ1) is 12.4. The van der Waals surface area contributed by atoms with E-state index in [0.717, 1.165) is 35.7 Å². The zero-order valence-corrected chi connectivity index (χ0v) is 17.6. The summed E-state index contributed by atoms with van der Waals surface area (Å²) in [5, 5.41) is 0. The van der Waals surface area contributed by atoms with Crippen molar-refractivity contribution in [3.63, 3.8) is 0 Å². The van der Waals surface area contributed by atoms with E-state index < -0.39 is 9.84 Å². The smallest absolute Gasteiger partial charge is 0.237 e. The van der Waals surface area contributed by atoms with Gasteiger partial charge < -0.3 is 4.90 Å². The molecule has 26 heavy (non-hydrogen) atoms. The van der Waals surface area contributed by atoms with E-state index in [9.17, 15) is 13.2 Å². The Morgan fingerprint density at radius 1 is 1.15 bits per heavy atom. The lowest BCUT2D eigenvalue weighted by atomic mass is 10.1. The van der Waals surface area contributed by atoms with Crippen LogP contribution in [0.5, 0.6) is 0 Å². The Labute approximate surface area is 164 Å². The lowest BCUT2D eigenvalue weighted by Gasteiger charge is -2.35. The zero-order valence-electron chi connectivity index (χ0n) is 15.2. The van der Waals surface area contributed by atoms with Gasteiger partial charge in [-0.05, 0) is 37.9 Å². The van der Waals surface area contributed by atoms with Gasteiger partial charge in [0.25, 0.3) is 0 Å². The number of nitrogens with zero attached hydrogens (tertiary/aromatic N) is 2. The monoisotopic (exact) mass is 442 g/mol. The third kappa shape index (κ3) is 4.87. The first-order valence-corrected chi connectivity index (χ1v) is 11.9. The number of halogens is 1. The second-order valence-corrected chi connectivity index (χ2v) is 10.6. The minimum absolute atomic E-state index is 0.0635. The Balaban J connectivity index is 1.68. The molecule has 0 spiro atoms. The van der Waals surface area contributed by atoms with E-state index in [0.29, 0.717) is 19.5 Å². The van der Waals surface area contributed by atoms with Gasteiger partial charge in [-0.2, -0.15) is 0 Å². The van der Waals surface area contributed by atoms with Crippen molar-refractivity contribution in [1.82, 2.24) is 9.80 Å². The number of carbonyl (C=O) groups excluding carboxylic acids is 1. The second kappa shape index (κ2) is 8.40. The number of hydrogen-bond acceptors (Lipinski definition) is 4. The summed E-state index contributed by atoms with van der Waals surface area (Å²) in [6.45, 7) is 0.989. The number of amides is 1. The minimum Gasteiger partial charge on any atom is -0.335 e. The highest BCUT2D eigenvalue weighted by Gasteiger charge is 2.39. The molecule has 1 aromatic rings. The molecule has 0 N–H and O–H groups in total. The first kappa shape index (κ1) is 19.8. The molecule has 3 rings (SSSR count). The molecule has 7 heteroatoms. The van der Waals surface area contributed by atoms with Gasteiger partial charge in [-0.15, -0.1) is 0 Å². The molecular weight excluding hydrogens is 416 g/mol. The molecule has 1 heterocycles. The van der Waals surface area contributed by atoms with Gasteiger partial charge >= 0.3 is 0 Å². The second-order valence-electron chi connectivity index (χ2n) is 7.56. The van der Waals surface area contributed by atoms with Crippen LogP contribution in [0.1, 0.15) is 37.7 Å². The Morgan fingerprint density at radius 3 is 2.46 bits per heavy atom. The predicted octanol–water partition coefficient (Wildman–Crippen LogP) is 2.84. The SMILES string of the molecule is CN(CC(=O)N(C1CCCC1)C1CCS(=O)(=O)C1)Cc1ccccc1Br. The van der Waals surface area contributed by atoms with Crippen molar-refractivity contribution >= 4 is 31.7 Å². The Morgan fingerprint density at radius 2 is 1.85 bits per heavy atom. The summed E-state index contributed by atoms with van der Waals surface area (Å²) in [5.74, 6) is 0.401. The molecule has 1 aromatic carbocycles. The highest BCUT2D eigenvalue weighted by Crippen LogP contribution is 2.29. The van der Waals surface area contributed by atoms with E-state index in [1.54, 1.807) is 0 Å². The van der Waals surface area contributed by atoms with Crippen molar-refractivity contribution in [3.8, 4) is 0 Å². The predicted molar refractivity (Wildman–Crippen MR) is 107 cm³/mol. The van der Waals surface area contributed by atoms with Crippen molar-refractivity contribution < 1.29 is 13.2 Å². The number of likely N-dealkylation sites (N-methyl/N-ethyl adjacent to an activating group) is 1. The number of carbonyl (C=O) groups is 1. The summed E-state index contributed by atoms with van der Waals surface area (Å²) in [5.41, 5.74) is 1.14. The quantitative estimate of drug-likeness (QED) is 0.679. The highest BCUT2D eigenvalue weighted by atomic mass is 79.9. The maximum atomic E-state index is 13.1. The summed E-state index contributed by atoms with van der Waals surface area (Å²) < 4.78 is 24.9. The van der Waals surface area contributed by atoms with Crippen LogP contribution in [0.15, 0.2) is 28.7 Å². The van der Waals surface area contributed by atoms with E-state index in [1.807, 2.05) is 41.1 Å². The highest BCUT2D eigenvalue weighted by molar-refractivity contribution is 9.10. The standard InChI is InChI=1S/C19H27BrN2O3S/c1-21(12-15-6-2-5-9-18(15)20)13-19(23)22(16-7-3-4-8-16)17-10-11-26(24,25)14-17/h2,5-6,9,16-17H,3-4,7-8,10-14H2,1H3. The molecule has 1 unspecified atom stereocenters. The van der Waals surface area contributed by atoms with Gasteiger partial charge in [0.2, 0.25) is 5.91 Å². The van der Waals surface area contributed by atoms with Crippen molar-refractivity contribution in [2.75, 3.05) is 25.1 Å². The van der Waals surface area contributed by atoms with Crippen molar-refractivity contribution in [1.29, 1.82) is 0 Å². The number of rotatable bonds is 6. The van der Waals surface area contributed by atoms with Crippen LogP contribution in [0.3, 0.4) is 0 Å². The molecule has 2 fully saturated rings. The lowest BCUT2D eigenvalue weighted by Crippen LogP contribution is -2.50. The van der Waals surface area contributed by atoms with Gasteiger partial charge in [0.1, 0.15) is 0 Å². The molecule has 1 saturated heterocycles. The van der Waals surface area contributed by atoms with Crippen LogP contribution in [-0.2, 0) is 21.2 Å². The van der Waals surface area contributed by atoms with E-state index in [4.69, 9.17) is 0 Å². The van der Waals surface area contributed by atoms with E-state index in [-0.39, 0.29) is 29.5 Å². The van der Waals surface area contributed by atoms with Gasteiger partial charge in [0, 0.05) is 23.1 Å². The fourth-order valence-corrected chi connectivity index (χ4v) is 6.29. The van der Waals surface area contributed by atoms with Crippen molar-refractivity contribution in [2.45, 2.75) is 50.7 Å². The fourth-order valence-electron chi connectivity index (χ4n) is 4.17. The molecule has 144 valence electrons. The van der Waals surface area contributed by atoms with Gasteiger partial charge in [-0.3, -0.25) is 9.69 Å². The molecular formula is C19H27BrN2O3S. The largest absolute Gasteiger partial charge is 0.335 e. The normalized spacial score (nSPS) is 22.8. The van der Waals surface area contributed by atoms with Crippen LogP contribution in [0.4, 0.5) is 0 Å². The molecule has 2 aliphatic rings. The third-order valence-corrected chi connectivity index (χ3v) is 7.94. The first-order valence-electron chi connectivity index (χ1n) is 9.29. The molecule has 1 aliphatic heterocycles. The Kier molecular flexibility index (Phi) is 6.41. The average Bonchev–Trinajstić information content (AvgIpc) is 3.20. The zero-order chi connectivity index (χ0) is 18.7. The molecule has 1 atom stereocenters. The summed E-state index contributed by atoms with van der Waals surface area (Å²) in [7, 11) is -1.06. The van der Waals surface area contributed by atoms with Crippen molar-refractivity contribution in [2.24, 2.45) is 0 Å².